The van der Waals surface area contributed by atoms with Gasteiger partial charge in [-0.3, -0.25) is 9.59 Å². The fraction of sp³-hybridized carbons (Fsp3) is 0.174. The Morgan fingerprint density at radius 1 is 1.17 bits per heavy atom. The van der Waals surface area contributed by atoms with Crippen molar-refractivity contribution < 1.29 is 23.5 Å². The van der Waals surface area contributed by atoms with Gasteiger partial charge in [0, 0.05) is 12.0 Å². The van der Waals surface area contributed by atoms with Gasteiger partial charge in [-0.15, -0.1) is 0 Å². The minimum Gasteiger partial charge on any atom is -0.497 e. The number of hydrogen-bond acceptors (Lipinski definition) is 6. The van der Waals surface area contributed by atoms with Crippen molar-refractivity contribution in [3.63, 3.8) is 0 Å². The van der Waals surface area contributed by atoms with Crippen molar-refractivity contribution in [3.05, 3.63) is 83.8 Å². The van der Waals surface area contributed by atoms with Crippen LogP contribution in [0.4, 0.5) is 0 Å². The molecule has 7 heteroatoms. The molecule has 0 unspecified atom stereocenters. The highest BCUT2D eigenvalue weighted by Gasteiger charge is 2.35. The van der Waals surface area contributed by atoms with Gasteiger partial charge in [0.2, 0.25) is 0 Å². The molecule has 0 spiro atoms. The Kier molecular flexibility index (Phi) is 5.61. The van der Waals surface area contributed by atoms with Crippen LogP contribution in [0.25, 0.3) is 0 Å². The molecule has 2 heterocycles. The maximum absolute atomic E-state index is 12.9. The third kappa shape index (κ3) is 4.10. The van der Waals surface area contributed by atoms with Crippen LogP contribution < -0.4 is 9.47 Å². The van der Waals surface area contributed by atoms with E-state index in [0.29, 0.717) is 23.5 Å². The van der Waals surface area contributed by atoms with Gasteiger partial charge in [-0.2, -0.15) is 5.10 Å². The molecular weight excluding hydrogens is 384 g/mol. The third-order valence-electron chi connectivity index (χ3n) is 4.82. The van der Waals surface area contributed by atoms with E-state index in [1.165, 1.54) is 5.01 Å². The van der Waals surface area contributed by atoms with Crippen LogP contribution in [0.3, 0.4) is 0 Å². The number of methoxy groups -OCH3 is 1. The number of furan rings is 1. The van der Waals surface area contributed by atoms with Crippen LogP contribution in [-0.2, 0) is 4.79 Å². The molecule has 152 valence electrons. The molecule has 1 aromatic heterocycles. The van der Waals surface area contributed by atoms with Gasteiger partial charge in [0.05, 0.1) is 19.1 Å². The summed E-state index contributed by atoms with van der Waals surface area (Å²) in [6, 6.07) is 17.4. The molecule has 2 aromatic carbocycles. The van der Waals surface area contributed by atoms with E-state index in [2.05, 4.69) is 5.10 Å². The molecule has 0 N–H and O–H groups in total. The van der Waals surface area contributed by atoms with Gasteiger partial charge in [0.25, 0.3) is 5.91 Å². The van der Waals surface area contributed by atoms with E-state index in [0.717, 1.165) is 23.3 Å². The molecule has 4 rings (SSSR count). The molecule has 30 heavy (non-hydrogen) atoms. The Morgan fingerprint density at radius 2 is 2.00 bits per heavy atom. The average Bonchev–Trinajstić information content (AvgIpc) is 3.47. The second-order valence-corrected chi connectivity index (χ2v) is 6.73. The first kappa shape index (κ1) is 19.4. The number of carbonyl (C=O) groups excluding carboxylic acids is 2. The van der Waals surface area contributed by atoms with Gasteiger partial charge in [-0.05, 0) is 54.1 Å². The number of ether oxygens (including phenoxy) is 2. The normalized spacial score (nSPS) is 15.6. The lowest BCUT2D eigenvalue weighted by Gasteiger charge is -2.20. The number of aldehydes is 1. The number of rotatable bonds is 7. The molecule has 0 bridgehead atoms. The zero-order valence-electron chi connectivity index (χ0n) is 16.4. The van der Waals surface area contributed by atoms with E-state index in [9.17, 15) is 9.59 Å². The zero-order chi connectivity index (χ0) is 20.9. The van der Waals surface area contributed by atoms with Crippen molar-refractivity contribution in [2.45, 2.75) is 12.5 Å². The lowest BCUT2D eigenvalue weighted by Crippen LogP contribution is -2.31. The van der Waals surface area contributed by atoms with Gasteiger partial charge in [-0.1, -0.05) is 12.1 Å². The zero-order valence-corrected chi connectivity index (χ0v) is 16.4. The standard InChI is InChI=1S/C23H20N2O5/c1-28-18-9-7-17(8-10-18)20-13-21(22-6-3-11-29-22)25(24-20)23(27)15-30-19-5-2-4-16(12-19)14-26/h2-12,14,21H,13,15H2,1H3/t21-/m0/s1. The Morgan fingerprint density at radius 3 is 2.70 bits per heavy atom. The number of carbonyl (C=O) groups is 2. The number of hydrazone groups is 1. The van der Waals surface area contributed by atoms with E-state index in [4.69, 9.17) is 13.9 Å². The fourth-order valence-corrected chi connectivity index (χ4v) is 3.29. The summed E-state index contributed by atoms with van der Waals surface area (Å²) in [5.41, 5.74) is 2.16. The number of nitrogens with zero attached hydrogens (tertiary/aromatic N) is 2. The predicted octanol–water partition coefficient (Wildman–Crippen LogP) is 3.86. The van der Waals surface area contributed by atoms with E-state index in [1.54, 1.807) is 43.7 Å². The highest BCUT2D eigenvalue weighted by molar-refractivity contribution is 6.03. The summed E-state index contributed by atoms with van der Waals surface area (Å²) in [4.78, 5) is 23.8. The number of hydrogen-bond donors (Lipinski definition) is 0. The quantitative estimate of drug-likeness (QED) is 0.559. The first-order valence-corrected chi connectivity index (χ1v) is 9.43. The van der Waals surface area contributed by atoms with E-state index < -0.39 is 0 Å². The van der Waals surface area contributed by atoms with Crippen molar-refractivity contribution >= 4 is 17.9 Å². The van der Waals surface area contributed by atoms with Crippen molar-refractivity contribution in [2.24, 2.45) is 5.10 Å². The summed E-state index contributed by atoms with van der Waals surface area (Å²) in [5, 5.41) is 5.97. The van der Waals surface area contributed by atoms with Gasteiger partial charge in [-0.25, -0.2) is 5.01 Å². The van der Waals surface area contributed by atoms with Crippen LogP contribution >= 0.6 is 0 Å². The molecule has 1 amide bonds. The second-order valence-electron chi connectivity index (χ2n) is 6.73. The van der Waals surface area contributed by atoms with E-state index in [1.807, 2.05) is 30.3 Å². The molecule has 3 aromatic rings. The Labute approximate surface area is 173 Å². The summed E-state index contributed by atoms with van der Waals surface area (Å²) in [7, 11) is 1.61. The second kappa shape index (κ2) is 8.65. The summed E-state index contributed by atoms with van der Waals surface area (Å²) < 4.78 is 16.3. The Hall–Kier alpha value is -3.87. The average molecular weight is 404 g/mol. The van der Waals surface area contributed by atoms with Crippen LogP contribution in [0.15, 0.2) is 76.4 Å². The third-order valence-corrected chi connectivity index (χ3v) is 4.82. The van der Waals surface area contributed by atoms with Crippen molar-refractivity contribution in [2.75, 3.05) is 13.7 Å². The van der Waals surface area contributed by atoms with Crippen molar-refractivity contribution in [1.82, 2.24) is 5.01 Å². The van der Waals surface area contributed by atoms with Crippen LogP contribution in [0, 0.1) is 0 Å². The number of benzene rings is 2. The van der Waals surface area contributed by atoms with Gasteiger partial charge >= 0.3 is 0 Å². The molecule has 0 fully saturated rings. The molecule has 0 saturated carbocycles. The molecule has 0 radical (unpaired) electrons. The van der Waals surface area contributed by atoms with E-state index in [-0.39, 0.29) is 18.6 Å². The van der Waals surface area contributed by atoms with Gasteiger partial charge < -0.3 is 13.9 Å². The molecule has 0 aliphatic carbocycles. The van der Waals surface area contributed by atoms with Crippen molar-refractivity contribution in [3.8, 4) is 11.5 Å². The highest BCUT2D eigenvalue weighted by atomic mass is 16.5. The smallest absolute Gasteiger partial charge is 0.281 e. The van der Waals surface area contributed by atoms with Gasteiger partial charge in [0.15, 0.2) is 6.61 Å². The molecule has 0 saturated heterocycles. The first-order chi connectivity index (χ1) is 14.7. The Bertz CT molecular complexity index is 1060. The molecule has 1 aliphatic rings. The fourth-order valence-electron chi connectivity index (χ4n) is 3.29. The van der Waals surface area contributed by atoms with Crippen LogP contribution in [0.5, 0.6) is 11.5 Å². The summed E-state index contributed by atoms with van der Waals surface area (Å²) in [5.74, 6) is 1.54. The maximum Gasteiger partial charge on any atom is 0.281 e. The minimum atomic E-state index is -0.352. The SMILES string of the molecule is COc1ccc(C2=NN(C(=O)COc3cccc(C=O)c3)[C@H](c3ccco3)C2)cc1. The van der Waals surface area contributed by atoms with E-state index >= 15 is 0 Å². The topological polar surface area (TPSA) is 81.3 Å². The predicted molar refractivity (Wildman–Crippen MR) is 110 cm³/mol. The highest BCUT2D eigenvalue weighted by Crippen LogP contribution is 2.33. The Balaban J connectivity index is 1.54. The largest absolute Gasteiger partial charge is 0.497 e. The van der Waals surface area contributed by atoms with Crippen LogP contribution in [-0.4, -0.2) is 36.6 Å². The minimum absolute atomic E-state index is 0.209. The van der Waals surface area contributed by atoms with Gasteiger partial charge in [0.1, 0.15) is 29.6 Å². The van der Waals surface area contributed by atoms with Crippen LogP contribution in [0.1, 0.15) is 34.1 Å². The summed E-state index contributed by atoms with van der Waals surface area (Å²) in [6.45, 7) is -0.209. The lowest BCUT2D eigenvalue weighted by atomic mass is 10.0. The first-order valence-electron chi connectivity index (χ1n) is 9.43. The van der Waals surface area contributed by atoms with Crippen LogP contribution in [0.2, 0.25) is 0 Å². The summed E-state index contributed by atoms with van der Waals surface area (Å²) >= 11 is 0. The monoisotopic (exact) mass is 404 g/mol. The lowest BCUT2D eigenvalue weighted by molar-refractivity contribution is -0.135. The molecule has 1 atom stereocenters. The number of amides is 1. The molecule has 7 nitrogen and oxygen atoms in total. The molecular formula is C23H20N2O5. The molecule has 1 aliphatic heterocycles. The summed E-state index contributed by atoms with van der Waals surface area (Å²) in [6.07, 6.45) is 2.82. The van der Waals surface area contributed by atoms with Crippen molar-refractivity contribution in [1.29, 1.82) is 0 Å². The maximum atomic E-state index is 12.9.